The largest absolute Gasteiger partial charge is 0.469 e. The van der Waals surface area contributed by atoms with Crippen LogP contribution in [-0.2, 0) is 0 Å². The number of thiazole rings is 1. The monoisotopic (exact) mass is 180 g/mol. The normalized spacial score (nSPS) is 10.4. The van der Waals surface area contributed by atoms with E-state index in [1.165, 1.54) is 11.3 Å². The number of nitrogens with two attached hydrogens (primary N) is 1. The molecular formula is C8H8N2OS. The SMILES string of the molecule is Cc1occc1-c1csc(N)n1. The minimum Gasteiger partial charge on any atom is -0.469 e. The van der Waals surface area contributed by atoms with Crippen molar-refractivity contribution in [2.45, 2.75) is 6.92 Å². The van der Waals surface area contributed by atoms with Gasteiger partial charge in [0.2, 0.25) is 0 Å². The third kappa shape index (κ3) is 1.10. The van der Waals surface area contributed by atoms with Crippen molar-refractivity contribution in [3.63, 3.8) is 0 Å². The molecule has 0 fully saturated rings. The smallest absolute Gasteiger partial charge is 0.180 e. The molecule has 0 radical (unpaired) electrons. The van der Waals surface area contributed by atoms with Crippen LogP contribution < -0.4 is 5.73 Å². The van der Waals surface area contributed by atoms with Gasteiger partial charge >= 0.3 is 0 Å². The summed E-state index contributed by atoms with van der Waals surface area (Å²) in [6.45, 7) is 1.91. The first kappa shape index (κ1) is 7.36. The Morgan fingerprint density at radius 1 is 1.58 bits per heavy atom. The third-order valence-electron chi connectivity index (χ3n) is 1.66. The summed E-state index contributed by atoms with van der Waals surface area (Å²) in [5.41, 5.74) is 7.42. The lowest BCUT2D eigenvalue weighted by atomic mass is 10.2. The molecule has 0 aliphatic rings. The predicted molar refractivity (Wildman–Crippen MR) is 49.0 cm³/mol. The Morgan fingerprint density at radius 3 is 2.92 bits per heavy atom. The third-order valence-corrected chi connectivity index (χ3v) is 2.33. The van der Waals surface area contributed by atoms with Crippen LogP contribution in [0.5, 0.6) is 0 Å². The highest BCUT2D eigenvalue weighted by Gasteiger charge is 2.06. The molecule has 2 heterocycles. The summed E-state index contributed by atoms with van der Waals surface area (Å²) >= 11 is 1.44. The molecule has 2 N–H and O–H groups in total. The average Bonchev–Trinajstić information content (AvgIpc) is 2.58. The second-order valence-electron chi connectivity index (χ2n) is 2.46. The first-order valence-corrected chi connectivity index (χ1v) is 4.41. The fourth-order valence-corrected chi connectivity index (χ4v) is 1.63. The van der Waals surface area contributed by atoms with E-state index in [0.29, 0.717) is 5.13 Å². The van der Waals surface area contributed by atoms with E-state index in [0.717, 1.165) is 17.0 Å². The number of nitrogen functional groups attached to an aromatic ring is 1. The van der Waals surface area contributed by atoms with Gasteiger partial charge in [0, 0.05) is 10.9 Å². The zero-order valence-corrected chi connectivity index (χ0v) is 7.39. The van der Waals surface area contributed by atoms with E-state index >= 15 is 0 Å². The van der Waals surface area contributed by atoms with Crippen LogP contribution in [0.25, 0.3) is 11.3 Å². The van der Waals surface area contributed by atoms with Crippen LogP contribution in [-0.4, -0.2) is 4.98 Å². The molecular weight excluding hydrogens is 172 g/mol. The minimum atomic E-state index is 0.589. The Kier molecular flexibility index (Phi) is 1.62. The summed E-state index contributed by atoms with van der Waals surface area (Å²) in [6.07, 6.45) is 1.65. The molecule has 0 saturated carbocycles. The van der Waals surface area contributed by atoms with Crippen LogP contribution in [0.1, 0.15) is 5.76 Å². The molecule has 0 aliphatic carbocycles. The summed E-state index contributed by atoms with van der Waals surface area (Å²) in [6, 6.07) is 1.89. The lowest BCUT2D eigenvalue weighted by Crippen LogP contribution is -1.82. The molecule has 0 spiro atoms. The Labute approximate surface area is 73.8 Å². The molecule has 4 heteroatoms. The number of hydrogen-bond acceptors (Lipinski definition) is 4. The molecule has 2 aromatic rings. The summed E-state index contributed by atoms with van der Waals surface area (Å²) in [7, 11) is 0. The Hall–Kier alpha value is -1.29. The maximum absolute atomic E-state index is 5.51. The van der Waals surface area contributed by atoms with Gasteiger partial charge in [0.25, 0.3) is 0 Å². The molecule has 62 valence electrons. The lowest BCUT2D eigenvalue weighted by molar-refractivity contribution is 0.535. The first-order valence-electron chi connectivity index (χ1n) is 3.53. The quantitative estimate of drug-likeness (QED) is 0.732. The number of rotatable bonds is 1. The van der Waals surface area contributed by atoms with Gasteiger partial charge in [0.1, 0.15) is 5.76 Å². The van der Waals surface area contributed by atoms with Gasteiger partial charge in [-0.3, -0.25) is 0 Å². The van der Waals surface area contributed by atoms with Crippen molar-refractivity contribution in [1.82, 2.24) is 4.98 Å². The van der Waals surface area contributed by atoms with E-state index in [4.69, 9.17) is 10.2 Å². The van der Waals surface area contributed by atoms with Crippen molar-refractivity contribution in [3.8, 4) is 11.3 Å². The van der Waals surface area contributed by atoms with Crippen molar-refractivity contribution in [2.75, 3.05) is 5.73 Å². The van der Waals surface area contributed by atoms with Crippen molar-refractivity contribution in [3.05, 3.63) is 23.5 Å². The maximum Gasteiger partial charge on any atom is 0.180 e. The van der Waals surface area contributed by atoms with E-state index in [2.05, 4.69) is 4.98 Å². The molecule has 2 rings (SSSR count). The Morgan fingerprint density at radius 2 is 2.42 bits per heavy atom. The van der Waals surface area contributed by atoms with Crippen LogP contribution >= 0.6 is 11.3 Å². The van der Waals surface area contributed by atoms with E-state index in [9.17, 15) is 0 Å². The molecule has 0 aliphatic heterocycles. The highest BCUT2D eigenvalue weighted by Crippen LogP contribution is 2.26. The van der Waals surface area contributed by atoms with Crippen molar-refractivity contribution < 1.29 is 4.42 Å². The van der Waals surface area contributed by atoms with Crippen LogP contribution in [0.15, 0.2) is 22.1 Å². The predicted octanol–water partition coefficient (Wildman–Crippen LogP) is 2.29. The molecule has 0 aromatic carbocycles. The second kappa shape index (κ2) is 2.64. The number of furan rings is 1. The number of hydrogen-bond donors (Lipinski definition) is 1. The second-order valence-corrected chi connectivity index (χ2v) is 3.35. The molecule has 3 nitrogen and oxygen atoms in total. The van der Waals surface area contributed by atoms with Crippen molar-refractivity contribution >= 4 is 16.5 Å². The highest BCUT2D eigenvalue weighted by molar-refractivity contribution is 7.13. The number of aromatic nitrogens is 1. The molecule has 12 heavy (non-hydrogen) atoms. The van der Waals surface area contributed by atoms with Crippen molar-refractivity contribution in [1.29, 1.82) is 0 Å². The molecule has 0 bridgehead atoms. The maximum atomic E-state index is 5.51. The minimum absolute atomic E-state index is 0.589. The van der Waals surface area contributed by atoms with Gasteiger partial charge < -0.3 is 10.2 Å². The van der Waals surface area contributed by atoms with Crippen LogP contribution in [0.4, 0.5) is 5.13 Å². The molecule has 0 unspecified atom stereocenters. The number of nitrogens with zero attached hydrogens (tertiary/aromatic N) is 1. The van der Waals surface area contributed by atoms with Crippen LogP contribution in [0.3, 0.4) is 0 Å². The van der Waals surface area contributed by atoms with Crippen LogP contribution in [0.2, 0.25) is 0 Å². The summed E-state index contributed by atoms with van der Waals surface area (Å²) in [5, 5.41) is 2.51. The summed E-state index contributed by atoms with van der Waals surface area (Å²) in [4.78, 5) is 4.15. The van der Waals surface area contributed by atoms with E-state index in [1.54, 1.807) is 6.26 Å². The van der Waals surface area contributed by atoms with E-state index in [1.807, 2.05) is 18.4 Å². The molecule has 0 saturated heterocycles. The fraction of sp³-hybridized carbons (Fsp3) is 0.125. The van der Waals surface area contributed by atoms with Gasteiger partial charge in [-0.2, -0.15) is 0 Å². The molecule has 0 atom stereocenters. The molecule has 0 amide bonds. The summed E-state index contributed by atoms with van der Waals surface area (Å²) < 4.78 is 5.15. The zero-order chi connectivity index (χ0) is 8.55. The van der Waals surface area contributed by atoms with Gasteiger partial charge in [0.15, 0.2) is 5.13 Å². The standard InChI is InChI=1S/C8H8N2OS/c1-5-6(2-3-11-5)7-4-12-8(9)10-7/h2-4H,1H3,(H2,9,10). The van der Waals surface area contributed by atoms with Gasteiger partial charge in [-0.1, -0.05) is 0 Å². The summed E-state index contributed by atoms with van der Waals surface area (Å²) in [5.74, 6) is 0.875. The first-order chi connectivity index (χ1) is 5.77. The average molecular weight is 180 g/mol. The Balaban J connectivity index is 2.50. The Bertz CT molecular complexity index is 391. The van der Waals surface area contributed by atoms with Gasteiger partial charge in [-0.15, -0.1) is 11.3 Å². The van der Waals surface area contributed by atoms with Gasteiger partial charge in [-0.25, -0.2) is 4.98 Å². The van der Waals surface area contributed by atoms with Gasteiger partial charge in [0.05, 0.1) is 12.0 Å². The lowest BCUT2D eigenvalue weighted by Gasteiger charge is -1.90. The van der Waals surface area contributed by atoms with Crippen molar-refractivity contribution in [2.24, 2.45) is 0 Å². The van der Waals surface area contributed by atoms with Crippen LogP contribution in [0, 0.1) is 6.92 Å². The number of aryl methyl sites for hydroxylation is 1. The fourth-order valence-electron chi connectivity index (χ4n) is 1.06. The molecule has 2 aromatic heterocycles. The zero-order valence-electron chi connectivity index (χ0n) is 6.57. The number of anilines is 1. The topological polar surface area (TPSA) is 52.0 Å². The van der Waals surface area contributed by atoms with Gasteiger partial charge in [-0.05, 0) is 13.0 Å². The van der Waals surface area contributed by atoms with E-state index in [-0.39, 0.29) is 0 Å². The highest BCUT2D eigenvalue weighted by atomic mass is 32.1. The van der Waals surface area contributed by atoms with E-state index < -0.39 is 0 Å².